The van der Waals surface area contributed by atoms with Crippen LogP contribution in [0.5, 0.6) is 5.75 Å². The third kappa shape index (κ3) is 4.61. The van der Waals surface area contributed by atoms with Gasteiger partial charge in [0.25, 0.3) is 5.91 Å². The summed E-state index contributed by atoms with van der Waals surface area (Å²) < 4.78 is 55.2. The van der Waals surface area contributed by atoms with Crippen LogP contribution in [0.25, 0.3) is 0 Å². The van der Waals surface area contributed by atoms with E-state index in [1.165, 1.54) is 40.7 Å². The molecule has 1 fully saturated rings. The number of alkyl halides is 2. The molecule has 1 aliphatic rings. The number of hydrogen-bond acceptors (Lipinski definition) is 4. The topological polar surface area (TPSA) is 75.7 Å². The Labute approximate surface area is 155 Å². The van der Waals surface area contributed by atoms with E-state index in [9.17, 15) is 22.0 Å². The van der Waals surface area contributed by atoms with Gasteiger partial charge in [-0.15, -0.1) is 0 Å². The summed E-state index contributed by atoms with van der Waals surface area (Å²) in [5.41, 5.74) is 0.553. The first-order chi connectivity index (χ1) is 12.9. The van der Waals surface area contributed by atoms with Gasteiger partial charge in [-0.25, -0.2) is 8.42 Å². The number of anilines is 1. The highest BCUT2D eigenvalue weighted by Gasteiger charge is 2.27. The highest BCUT2D eigenvalue weighted by molar-refractivity contribution is 7.89. The molecule has 2 aromatic carbocycles. The maximum atomic E-state index is 12.6. The van der Waals surface area contributed by atoms with Crippen LogP contribution in [0.15, 0.2) is 53.4 Å². The minimum absolute atomic E-state index is 0.0553. The van der Waals surface area contributed by atoms with Crippen LogP contribution in [0, 0.1) is 0 Å². The Morgan fingerprint density at radius 1 is 1.07 bits per heavy atom. The summed E-state index contributed by atoms with van der Waals surface area (Å²) in [6.45, 7) is -1.96. The van der Waals surface area contributed by atoms with E-state index in [2.05, 4.69) is 10.1 Å². The van der Waals surface area contributed by atoms with E-state index in [1.807, 2.05) is 0 Å². The van der Waals surface area contributed by atoms with Gasteiger partial charge in [0.2, 0.25) is 10.0 Å². The monoisotopic (exact) mass is 396 g/mol. The van der Waals surface area contributed by atoms with Gasteiger partial charge in [-0.05, 0) is 55.3 Å². The van der Waals surface area contributed by atoms with E-state index in [0.29, 0.717) is 18.8 Å². The van der Waals surface area contributed by atoms with Crippen LogP contribution in [-0.2, 0) is 10.0 Å². The molecule has 0 aromatic heterocycles. The van der Waals surface area contributed by atoms with E-state index in [0.717, 1.165) is 12.8 Å². The Bertz CT molecular complexity index is 911. The van der Waals surface area contributed by atoms with Crippen molar-refractivity contribution in [2.45, 2.75) is 24.3 Å². The minimum Gasteiger partial charge on any atom is -0.435 e. The Balaban J connectivity index is 1.73. The van der Waals surface area contributed by atoms with Gasteiger partial charge < -0.3 is 10.1 Å². The Morgan fingerprint density at radius 3 is 2.37 bits per heavy atom. The molecule has 144 valence electrons. The smallest absolute Gasteiger partial charge is 0.387 e. The molecule has 1 N–H and O–H groups in total. The predicted molar refractivity (Wildman–Crippen MR) is 95.5 cm³/mol. The predicted octanol–water partition coefficient (Wildman–Crippen LogP) is 3.32. The fourth-order valence-corrected chi connectivity index (χ4v) is 4.37. The average Bonchev–Trinajstić information content (AvgIpc) is 3.17. The molecule has 1 heterocycles. The third-order valence-corrected chi connectivity index (χ3v) is 6.03. The molecule has 1 aliphatic heterocycles. The van der Waals surface area contributed by atoms with Crippen molar-refractivity contribution >= 4 is 21.6 Å². The van der Waals surface area contributed by atoms with Crippen LogP contribution in [0.3, 0.4) is 0 Å². The first-order valence-electron chi connectivity index (χ1n) is 8.33. The molecular formula is C18H18F2N2O4S. The van der Waals surface area contributed by atoms with Crippen LogP contribution in [0.2, 0.25) is 0 Å². The van der Waals surface area contributed by atoms with Gasteiger partial charge in [0.1, 0.15) is 5.75 Å². The molecule has 0 aliphatic carbocycles. The number of halogens is 2. The van der Waals surface area contributed by atoms with E-state index >= 15 is 0 Å². The fourth-order valence-electron chi connectivity index (χ4n) is 2.80. The standard InChI is InChI=1S/C18H18F2N2O4S/c19-18(20)26-15-8-6-13(7-9-15)17(23)21-14-4-3-5-16(12-14)27(24,25)22-10-1-2-11-22/h3-9,12,18H,1-2,10-11H2,(H,21,23). The Kier molecular flexibility index (Phi) is 5.71. The summed E-state index contributed by atoms with van der Waals surface area (Å²) >= 11 is 0. The van der Waals surface area contributed by atoms with Crippen LogP contribution in [-0.4, -0.2) is 38.3 Å². The van der Waals surface area contributed by atoms with E-state index < -0.39 is 22.5 Å². The second kappa shape index (κ2) is 8.01. The number of rotatable bonds is 6. The summed E-state index contributed by atoms with van der Waals surface area (Å²) in [6.07, 6.45) is 1.67. The second-order valence-corrected chi connectivity index (χ2v) is 7.93. The molecule has 0 bridgehead atoms. The number of ether oxygens (including phenoxy) is 1. The molecule has 6 nitrogen and oxygen atoms in total. The number of sulfonamides is 1. The molecule has 27 heavy (non-hydrogen) atoms. The van der Waals surface area contributed by atoms with E-state index in [1.54, 1.807) is 12.1 Å². The summed E-state index contributed by atoms with van der Waals surface area (Å²) in [5, 5.41) is 2.61. The fraction of sp³-hybridized carbons (Fsp3) is 0.278. The maximum Gasteiger partial charge on any atom is 0.387 e. The summed E-state index contributed by atoms with van der Waals surface area (Å²) in [7, 11) is -3.58. The zero-order valence-electron chi connectivity index (χ0n) is 14.3. The SMILES string of the molecule is O=C(Nc1cccc(S(=O)(=O)N2CCCC2)c1)c1ccc(OC(F)F)cc1. The van der Waals surface area contributed by atoms with Crippen molar-refractivity contribution in [3.05, 3.63) is 54.1 Å². The van der Waals surface area contributed by atoms with Gasteiger partial charge in [-0.1, -0.05) is 6.07 Å². The molecular weight excluding hydrogens is 378 g/mol. The largest absolute Gasteiger partial charge is 0.435 e. The second-order valence-electron chi connectivity index (χ2n) is 6.00. The van der Waals surface area contributed by atoms with Crippen LogP contribution in [0.1, 0.15) is 23.2 Å². The van der Waals surface area contributed by atoms with Crippen molar-refractivity contribution in [3.63, 3.8) is 0 Å². The highest BCUT2D eigenvalue weighted by Crippen LogP contribution is 2.23. The van der Waals surface area contributed by atoms with Gasteiger partial charge in [0.15, 0.2) is 0 Å². The maximum absolute atomic E-state index is 12.6. The van der Waals surface area contributed by atoms with Crippen molar-refractivity contribution in [1.82, 2.24) is 4.31 Å². The molecule has 2 aromatic rings. The molecule has 0 saturated carbocycles. The van der Waals surface area contributed by atoms with Crippen molar-refractivity contribution in [2.24, 2.45) is 0 Å². The lowest BCUT2D eigenvalue weighted by molar-refractivity contribution is -0.0498. The summed E-state index contributed by atoms with van der Waals surface area (Å²) in [6, 6.07) is 11.2. The van der Waals surface area contributed by atoms with Gasteiger partial charge in [-0.3, -0.25) is 4.79 Å². The zero-order chi connectivity index (χ0) is 19.4. The number of nitrogens with zero attached hydrogens (tertiary/aromatic N) is 1. The van der Waals surface area contributed by atoms with Gasteiger partial charge in [0, 0.05) is 24.3 Å². The van der Waals surface area contributed by atoms with E-state index in [4.69, 9.17) is 0 Å². The lowest BCUT2D eigenvalue weighted by atomic mass is 10.2. The summed E-state index contributed by atoms with van der Waals surface area (Å²) in [5.74, 6) is -0.547. The number of carbonyl (C=O) groups excluding carboxylic acids is 1. The van der Waals surface area contributed by atoms with Crippen molar-refractivity contribution in [2.75, 3.05) is 18.4 Å². The first-order valence-corrected chi connectivity index (χ1v) is 9.77. The van der Waals surface area contributed by atoms with Gasteiger partial charge in [-0.2, -0.15) is 13.1 Å². The quantitative estimate of drug-likeness (QED) is 0.813. The van der Waals surface area contributed by atoms with Gasteiger partial charge in [0.05, 0.1) is 4.90 Å². The molecule has 1 saturated heterocycles. The number of nitrogens with one attached hydrogen (secondary N) is 1. The van der Waals surface area contributed by atoms with Crippen molar-refractivity contribution < 1.29 is 26.7 Å². The molecule has 0 atom stereocenters. The number of amides is 1. The normalized spacial score (nSPS) is 15.1. The molecule has 9 heteroatoms. The first kappa shape index (κ1) is 19.2. The minimum atomic E-state index is -3.58. The Hall–Kier alpha value is -2.52. The summed E-state index contributed by atoms with van der Waals surface area (Å²) in [4.78, 5) is 12.4. The van der Waals surface area contributed by atoms with Crippen LogP contribution >= 0.6 is 0 Å². The van der Waals surface area contributed by atoms with Crippen LogP contribution in [0.4, 0.5) is 14.5 Å². The Morgan fingerprint density at radius 2 is 1.74 bits per heavy atom. The van der Waals surface area contributed by atoms with Crippen molar-refractivity contribution in [3.8, 4) is 5.75 Å². The zero-order valence-corrected chi connectivity index (χ0v) is 15.1. The molecule has 3 rings (SSSR count). The molecule has 0 radical (unpaired) electrons. The number of carbonyl (C=O) groups is 1. The highest BCUT2D eigenvalue weighted by atomic mass is 32.2. The average molecular weight is 396 g/mol. The lowest BCUT2D eigenvalue weighted by Crippen LogP contribution is -2.27. The lowest BCUT2D eigenvalue weighted by Gasteiger charge is -2.16. The van der Waals surface area contributed by atoms with Gasteiger partial charge >= 0.3 is 6.61 Å². The number of benzene rings is 2. The van der Waals surface area contributed by atoms with Crippen LogP contribution < -0.4 is 10.1 Å². The molecule has 1 amide bonds. The third-order valence-electron chi connectivity index (χ3n) is 4.14. The molecule has 0 spiro atoms. The van der Waals surface area contributed by atoms with Crippen molar-refractivity contribution in [1.29, 1.82) is 0 Å². The molecule has 0 unspecified atom stereocenters. The van der Waals surface area contributed by atoms with E-state index in [-0.39, 0.29) is 16.2 Å². The number of hydrogen-bond donors (Lipinski definition) is 1.